The first-order valence-corrected chi connectivity index (χ1v) is 7.86. The predicted octanol–water partition coefficient (Wildman–Crippen LogP) is 4.53. The molecule has 3 unspecified atom stereocenters. The predicted molar refractivity (Wildman–Crippen MR) is 85.1 cm³/mol. The van der Waals surface area contributed by atoms with Gasteiger partial charge in [0.25, 0.3) is 0 Å². The van der Waals surface area contributed by atoms with E-state index in [0.717, 1.165) is 23.1 Å². The lowest BCUT2D eigenvalue weighted by atomic mass is 9.63. The highest BCUT2D eigenvalue weighted by atomic mass is 79.9. The quantitative estimate of drug-likeness (QED) is 0.893. The van der Waals surface area contributed by atoms with Gasteiger partial charge in [-0.1, -0.05) is 41.9 Å². The third-order valence-electron chi connectivity index (χ3n) is 4.75. The molecule has 2 nitrogen and oxygen atoms in total. The van der Waals surface area contributed by atoms with E-state index in [1.165, 1.54) is 10.8 Å². The van der Waals surface area contributed by atoms with Crippen LogP contribution in [0.2, 0.25) is 0 Å². The number of ether oxygens (including phenoxy) is 1. The molecule has 0 amide bonds. The summed E-state index contributed by atoms with van der Waals surface area (Å²) in [6.07, 6.45) is 1.52. The number of rotatable bonds is 3. The van der Waals surface area contributed by atoms with Crippen LogP contribution in [0.3, 0.4) is 0 Å². The fraction of sp³-hybridized carbons (Fsp3) is 0.412. The second kappa shape index (κ2) is 5.05. The molecule has 106 valence electrons. The Labute approximate surface area is 127 Å². The molecule has 1 fully saturated rings. The number of benzene rings is 2. The molecule has 2 aromatic carbocycles. The van der Waals surface area contributed by atoms with E-state index < -0.39 is 0 Å². The standard InChI is InChI=1S/C17H19BrO2/c1-3-17(2)15(19)10-16(17)20-14-7-5-11-8-13(18)6-4-12(11)9-14/h4-9,15-16,19H,3,10H2,1-2H3. The number of halogens is 1. The molecule has 0 aromatic heterocycles. The van der Waals surface area contributed by atoms with Crippen molar-refractivity contribution in [1.82, 2.24) is 0 Å². The summed E-state index contributed by atoms with van der Waals surface area (Å²) in [4.78, 5) is 0. The Hall–Kier alpha value is -1.06. The van der Waals surface area contributed by atoms with E-state index in [0.29, 0.717) is 0 Å². The maximum atomic E-state index is 9.93. The summed E-state index contributed by atoms with van der Waals surface area (Å²) in [7, 11) is 0. The van der Waals surface area contributed by atoms with Gasteiger partial charge in [-0.15, -0.1) is 0 Å². The Morgan fingerprint density at radius 1 is 1.25 bits per heavy atom. The van der Waals surface area contributed by atoms with Crippen molar-refractivity contribution >= 4 is 26.7 Å². The van der Waals surface area contributed by atoms with E-state index in [9.17, 15) is 5.11 Å². The summed E-state index contributed by atoms with van der Waals surface area (Å²) in [5, 5.41) is 12.3. The van der Waals surface area contributed by atoms with Gasteiger partial charge in [0.15, 0.2) is 0 Å². The summed E-state index contributed by atoms with van der Waals surface area (Å²) >= 11 is 3.48. The second-order valence-corrected chi connectivity index (χ2v) is 6.79. The molecular formula is C17H19BrO2. The lowest BCUT2D eigenvalue weighted by Crippen LogP contribution is -2.57. The van der Waals surface area contributed by atoms with E-state index in [1.807, 2.05) is 12.1 Å². The van der Waals surface area contributed by atoms with Crippen LogP contribution in [-0.4, -0.2) is 17.3 Å². The number of aliphatic hydroxyl groups is 1. The number of aliphatic hydroxyl groups excluding tert-OH is 1. The van der Waals surface area contributed by atoms with Crippen LogP contribution in [0.1, 0.15) is 26.7 Å². The second-order valence-electron chi connectivity index (χ2n) is 5.87. The molecule has 0 aliphatic heterocycles. The van der Waals surface area contributed by atoms with Crippen molar-refractivity contribution < 1.29 is 9.84 Å². The van der Waals surface area contributed by atoms with E-state index in [-0.39, 0.29) is 17.6 Å². The minimum absolute atomic E-state index is 0.107. The first kappa shape index (κ1) is 13.9. The fourth-order valence-corrected chi connectivity index (χ4v) is 3.25. The van der Waals surface area contributed by atoms with Gasteiger partial charge in [0.2, 0.25) is 0 Å². The van der Waals surface area contributed by atoms with Crippen molar-refractivity contribution in [3.63, 3.8) is 0 Å². The van der Waals surface area contributed by atoms with Gasteiger partial charge < -0.3 is 9.84 Å². The zero-order valence-corrected chi connectivity index (χ0v) is 13.4. The van der Waals surface area contributed by atoms with E-state index in [4.69, 9.17) is 4.74 Å². The van der Waals surface area contributed by atoms with Gasteiger partial charge in [-0.3, -0.25) is 0 Å². The summed E-state index contributed by atoms with van der Waals surface area (Å²) in [6.45, 7) is 4.21. The maximum Gasteiger partial charge on any atom is 0.120 e. The zero-order valence-electron chi connectivity index (χ0n) is 11.8. The van der Waals surface area contributed by atoms with Crippen LogP contribution in [0.4, 0.5) is 0 Å². The van der Waals surface area contributed by atoms with Gasteiger partial charge in [0.05, 0.1) is 6.10 Å². The van der Waals surface area contributed by atoms with Gasteiger partial charge in [-0.25, -0.2) is 0 Å². The molecule has 0 spiro atoms. The van der Waals surface area contributed by atoms with Gasteiger partial charge in [0.1, 0.15) is 11.9 Å². The summed E-state index contributed by atoms with van der Waals surface area (Å²) in [6, 6.07) is 12.4. The molecule has 2 aromatic rings. The number of hydrogen-bond acceptors (Lipinski definition) is 2. The monoisotopic (exact) mass is 334 g/mol. The van der Waals surface area contributed by atoms with Gasteiger partial charge >= 0.3 is 0 Å². The highest BCUT2D eigenvalue weighted by Gasteiger charge is 2.51. The normalized spacial score (nSPS) is 29.2. The molecule has 1 aliphatic carbocycles. The highest BCUT2D eigenvalue weighted by molar-refractivity contribution is 9.10. The molecule has 1 aliphatic rings. The number of hydrogen-bond donors (Lipinski definition) is 1. The van der Waals surface area contributed by atoms with Gasteiger partial charge in [-0.05, 0) is 41.5 Å². The highest BCUT2D eigenvalue weighted by Crippen LogP contribution is 2.46. The largest absolute Gasteiger partial charge is 0.490 e. The summed E-state index contributed by atoms with van der Waals surface area (Å²) in [5.74, 6) is 0.886. The van der Waals surface area contributed by atoms with Crippen LogP contribution in [-0.2, 0) is 0 Å². The third-order valence-corrected chi connectivity index (χ3v) is 5.24. The molecule has 1 saturated carbocycles. The average molecular weight is 335 g/mol. The fourth-order valence-electron chi connectivity index (χ4n) is 2.87. The maximum absolute atomic E-state index is 9.93. The lowest BCUT2D eigenvalue weighted by molar-refractivity contribution is -0.147. The average Bonchev–Trinajstić information content (AvgIpc) is 2.46. The summed E-state index contributed by atoms with van der Waals surface area (Å²) < 4.78 is 7.18. The van der Waals surface area contributed by atoms with Crippen LogP contribution < -0.4 is 4.74 Å². The Morgan fingerprint density at radius 2 is 1.95 bits per heavy atom. The van der Waals surface area contributed by atoms with E-state index >= 15 is 0 Å². The van der Waals surface area contributed by atoms with Crippen molar-refractivity contribution in [2.45, 2.75) is 38.9 Å². The minimum Gasteiger partial charge on any atom is -0.490 e. The molecule has 3 atom stereocenters. The Bertz CT molecular complexity index is 640. The smallest absolute Gasteiger partial charge is 0.120 e. The van der Waals surface area contributed by atoms with Crippen LogP contribution >= 0.6 is 15.9 Å². The van der Waals surface area contributed by atoms with Crippen LogP contribution in [0.25, 0.3) is 10.8 Å². The van der Waals surface area contributed by atoms with Crippen molar-refractivity contribution in [2.75, 3.05) is 0 Å². The van der Waals surface area contributed by atoms with Gasteiger partial charge in [-0.2, -0.15) is 0 Å². The van der Waals surface area contributed by atoms with Crippen LogP contribution in [0, 0.1) is 5.41 Å². The van der Waals surface area contributed by atoms with Crippen molar-refractivity contribution in [1.29, 1.82) is 0 Å². The van der Waals surface area contributed by atoms with Crippen LogP contribution in [0.5, 0.6) is 5.75 Å². The Morgan fingerprint density at radius 3 is 2.65 bits per heavy atom. The van der Waals surface area contributed by atoms with Crippen molar-refractivity contribution in [3.8, 4) is 5.75 Å². The topological polar surface area (TPSA) is 29.5 Å². The molecule has 0 heterocycles. The molecule has 20 heavy (non-hydrogen) atoms. The number of fused-ring (bicyclic) bond motifs is 1. The molecule has 3 heteroatoms. The van der Waals surface area contributed by atoms with Crippen molar-refractivity contribution in [2.24, 2.45) is 5.41 Å². The minimum atomic E-state index is -0.242. The SMILES string of the molecule is CCC1(C)C(O)CC1Oc1ccc2cc(Br)ccc2c1. The Balaban J connectivity index is 1.83. The Kier molecular flexibility index (Phi) is 3.51. The molecule has 0 saturated heterocycles. The third kappa shape index (κ3) is 2.23. The molecule has 1 N–H and O–H groups in total. The van der Waals surface area contributed by atoms with Gasteiger partial charge in [0, 0.05) is 16.3 Å². The molecule has 0 bridgehead atoms. The zero-order chi connectivity index (χ0) is 14.3. The molecule has 0 radical (unpaired) electrons. The van der Waals surface area contributed by atoms with Crippen LogP contribution in [0.15, 0.2) is 40.9 Å². The first-order chi connectivity index (χ1) is 9.53. The molecule has 3 rings (SSSR count). The summed E-state index contributed by atoms with van der Waals surface area (Å²) in [5.41, 5.74) is -0.116. The van der Waals surface area contributed by atoms with Crippen molar-refractivity contribution in [3.05, 3.63) is 40.9 Å². The molecular weight excluding hydrogens is 316 g/mol. The lowest BCUT2D eigenvalue weighted by Gasteiger charge is -2.50. The van der Waals surface area contributed by atoms with E-state index in [1.54, 1.807) is 0 Å². The first-order valence-electron chi connectivity index (χ1n) is 7.07. The van der Waals surface area contributed by atoms with E-state index in [2.05, 4.69) is 54.0 Å².